The van der Waals surface area contributed by atoms with Crippen molar-refractivity contribution in [3.8, 4) is 5.75 Å². The lowest BCUT2D eigenvalue weighted by Gasteiger charge is -2.33. The van der Waals surface area contributed by atoms with Crippen LogP contribution in [0.5, 0.6) is 5.75 Å². The molecule has 0 aromatic heterocycles. The fraction of sp³-hybridized carbons (Fsp3) is 0.533. The fourth-order valence-electron chi connectivity index (χ4n) is 2.73. The van der Waals surface area contributed by atoms with E-state index in [1.165, 1.54) is 12.1 Å². The van der Waals surface area contributed by atoms with E-state index in [2.05, 4.69) is 4.74 Å². The standard InChI is InChI=1S/C15H20F2N2O2/c16-15(17)21-13-6-2-1-5-12(13)14(20)19-9-3-4-11(10-19)7-8-18/h1-2,5-6,11,15H,3-4,7-10,18H2. The van der Waals surface area contributed by atoms with Crippen molar-refractivity contribution >= 4 is 5.91 Å². The van der Waals surface area contributed by atoms with E-state index in [0.717, 1.165) is 19.3 Å². The topological polar surface area (TPSA) is 55.6 Å². The second-order valence-corrected chi connectivity index (χ2v) is 5.21. The number of halogens is 2. The number of ether oxygens (including phenoxy) is 1. The van der Waals surface area contributed by atoms with Crippen molar-refractivity contribution in [1.82, 2.24) is 4.90 Å². The highest BCUT2D eigenvalue weighted by molar-refractivity contribution is 5.97. The number of carbonyl (C=O) groups excluding carboxylic acids is 1. The number of alkyl halides is 2. The molecule has 0 radical (unpaired) electrons. The first kappa shape index (κ1) is 15.7. The summed E-state index contributed by atoms with van der Waals surface area (Å²) in [6.45, 7) is -1.08. The zero-order valence-corrected chi connectivity index (χ0v) is 11.8. The highest BCUT2D eigenvalue weighted by Gasteiger charge is 2.26. The number of likely N-dealkylation sites (tertiary alicyclic amines) is 1. The van der Waals surface area contributed by atoms with Gasteiger partial charge in [-0.1, -0.05) is 12.1 Å². The van der Waals surface area contributed by atoms with Crippen LogP contribution in [0, 0.1) is 5.92 Å². The predicted octanol–water partition coefficient (Wildman–Crippen LogP) is 2.49. The third-order valence-electron chi connectivity index (χ3n) is 3.71. The Hall–Kier alpha value is -1.69. The quantitative estimate of drug-likeness (QED) is 0.908. The summed E-state index contributed by atoms with van der Waals surface area (Å²) >= 11 is 0. The van der Waals surface area contributed by atoms with E-state index in [1.807, 2.05) is 0 Å². The SMILES string of the molecule is NCCC1CCCN(C(=O)c2ccccc2OC(F)F)C1. The minimum absolute atomic E-state index is 0.0709. The predicted molar refractivity (Wildman–Crippen MR) is 75.4 cm³/mol. The third-order valence-corrected chi connectivity index (χ3v) is 3.71. The lowest BCUT2D eigenvalue weighted by molar-refractivity contribution is -0.0503. The van der Waals surface area contributed by atoms with Crippen LogP contribution in [0.25, 0.3) is 0 Å². The number of carbonyl (C=O) groups is 1. The van der Waals surface area contributed by atoms with E-state index in [9.17, 15) is 13.6 Å². The summed E-state index contributed by atoms with van der Waals surface area (Å²) in [5.74, 6) is 0.0577. The molecular weight excluding hydrogens is 278 g/mol. The first-order valence-electron chi connectivity index (χ1n) is 7.15. The number of benzene rings is 1. The molecule has 6 heteroatoms. The number of nitrogens with zero attached hydrogens (tertiary/aromatic N) is 1. The maximum atomic E-state index is 12.5. The fourth-order valence-corrected chi connectivity index (χ4v) is 2.73. The summed E-state index contributed by atoms with van der Waals surface area (Å²) in [7, 11) is 0. The molecule has 2 N–H and O–H groups in total. The number of hydrogen-bond donors (Lipinski definition) is 1. The number of amides is 1. The van der Waals surface area contributed by atoms with Crippen LogP contribution in [0.3, 0.4) is 0 Å². The molecule has 1 aliphatic rings. The van der Waals surface area contributed by atoms with E-state index in [-0.39, 0.29) is 17.2 Å². The largest absolute Gasteiger partial charge is 0.434 e. The van der Waals surface area contributed by atoms with Crippen molar-refractivity contribution in [2.45, 2.75) is 25.9 Å². The third kappa shape index (κ3) is 4.14. The highest BCUT2D eigenvalue weighted by atomic mass is 19.3. The second kappa shape index (κ2) is 7.36. The molecule has 0 spiro atoms. The molecule has 0 aliphatic carbocycles. The molecule has 1 aromatic rings. The van der Waals surface area contributed by atoms with E-state index in [0.29, 0.717) is 25.6 Å². The van der Waals surface area contributed by atoms with Gasteiger partial charge in [-0.2, -0.15) is 8.78 Å². The maximum Gasteiger partial charge on any atom is 0.387 e. The monoisotopic (exact) mass is 298 g/mol. The van der Waals surface area contributed by atoms with Crippen LogP contribution in [0.15, 0.2) is 24.3 Å². The molecule has 116 valence electrons. The first-order valence-corrected chi connectivity index (χ1v) is 7.15. The van der Waals surface area contributed by atoms with Crippen molar-refractivity contribution in [3.63, 3.8) is 0 Å². The first-order chi connectivity index (χ1) is 10.1. The van der Waals surface area contributed by atoms with Gasteiger partial charge in [0.1, 0.15) is 5.75 Å². The summed E-state index contributed by atoms with van der Waals surface area (Å²) < 4.78 is 29.2. The van der Waals surface area contributed by atoms with Gasteiger partial charge in [0.05, 0.1) is 5.56 Å². The molecule has 1 atom stereocenters. The van der Waals surface area contributed by atoms with Crippen LogP contribution in [0.2, 0.25) is 0 Å². The molecule has 0 bridgehead atoms. The molecule has 0 saturated carbocycles. The second-order valence-electron chi connectivity index (χ2n) is 5.21. The number of rotatable bonds is 5. The Kier molecular flexibility index (Phi) is 5.50. The molecule has 1 heterocycles. The van der Waals surface area contributed by atoms with Gasteiger partial charge < -0.3 is 15.4 Å². The van der Waals surface area contributed by atoms with Crippen LogP contribution in [0.1, 0.15) is 29.6 Å². The molecule has 1 unspecified atom stereocenters. The van der Waals surface area contributed by atoms with E-state index >= 15 is 0 Å². The van der Waals surface area contributed by atoms with Gasteiger partial charge in [-0.05, 0) is 43.9 Å². The number of hydrogen-bond acceptors (Lipinski definition) is 3. The molecular formula is C15H20F2N2O2. The lowest BCUT2D eigenvalue weighted by Crippen LogP contribution is -2.40. The Morgan fingerprint density at radius 2 is 2.19 bits per heavy atom. The Morgan fingerprint density at radius 3 is 2.90 bits per heavy atom. The highest BCUT2D eigenvalue weighted by Crippen LogP contribution is 2.25. The molecule has 1 aliphatic heterocycles. The van der Waals surface area contributed by atoms with Crippen LogP contribution in [-0.4, -0.2) is 37.1 Å². The molecule has 1 amide bonds. The zero-order chi connectivity index (χ0) is 15.2. The lowest BCUT2D eigenvalue weighted by atomic mass is 9.94. The van der Waals surface area contributed by atoms with Crippen LogP contribution >= 0.6 is 0 Å². The molecule has 4 nitrogen and oxygen atoms in total. The van der Waals surface area contributed by atoms with Gasteiger partial charge >= 0.3 is 6.61 Å². The molecule has 1 aromatic carbocycles. The van der Waals surface area contributed by atoms with E-state index < -0.39 is 6.61 Å². The van der Waals surface area contributed by atoms with Crippen LogP contribution < -0.4 is 10.5 Å². The maximum absolute atomic E-state index is 12.5. The van der Waals surface area contributed by atoms with Crippen molar-refractivity contribution in [2.75, 3.05) is 19.6 Å². The molecule has 2 rings (SSSR count). The number of para-hydroxylation sites is 1. The van der Waals surface area contributed by atoms with Crippen LogP contribution in [0.4, 0.5) is 8.78 Å². The summed E-state index contributed by atoms with van der Waals surface area (Å²) in [6, 6.07) is 6.13. The van der Waals surface area contributed by atoms with Gasteiger partial charge in [0.2, 0.25) is 0 Å². The number of piperidine rings is 1. The summed E-state index contributed by atoms with van der Waals surface area (Å²) in [5.41, 5.74) is 5.75. The summed E-state index contributed by atoms with van der Waals surface area (Å²) in [6.07, 6.45) is 2.84. The van der Waals surface area contributed by atoms with Gasteiger partial charge in [-0.3, -0.25) is 4.79 Å². The van der Waals surface area contributed by atoms with Gasteiger partial charge in [0.15, 0.2) is 0 Å². The minimum Gasteiger partial charge on any atom is -0.434 e. The van der Waals surface area contributed by atoms with Crippen molar-refractivity contribution in [3.05, 3.63) is 29.8 Å². The Labute approximate surface area is 122 Å². The van der Waals surface area contributed by atoms with Gasteiger partial charge in [-0.25, -0.2) is 0 Å². The summed E-state index contributed by atoms with van der Waals surface area (Å²) in [4.78, 5) is 14.2. The molecule has 1 saturated heterocycles. The molecule has 1 fully saturated rings. The average molecular weight is 298 g/mol. The van der Waals surface area contributed by atoms with Gasteiger partial charge in [-0.15, -0.1) is 0 Å². The van der Waals surface area contributed by atoms with Gasteiger partial charge in [0.25, 0.3) is 5.91 Å². The summed E-state index contributed by atoms with van der Waals surface area (Å²) in [5, 5.41) is 0. The van der Waals surface area contributed by atoms with Crippen LogP contribution in [-0.2, 0) is 0 Å². The molecule has 21 heavy (non-hydrogen) atoms. The van der Waals surface area contributed by atoms with E-state index in [1.54, 1.807) is 17.0 Å². The minimum atomic E-state index is -2.94. The normalized spacial score (nSPS) is 18.9. The Morgan fingerprint density at radius 1 is 1.43 bits per heavy atom. The Balaban J connectivity index is 2.12. The smallest absolute Gasteiger partial charge is 0.387 e. The zero-order valence-electron chi connectivity index (χ0n) is 11.8. The van der Waals surface area contributed by atoms with Crippen molar-refractivity contribution in [2.24, 2.45) is 11.7 Å². The van der Waals surface area contributed by atoms with Crippen molar-refractivity contribution in [1.29, 1.82) is 0 Å². The Bertz CT molecular complexity index is 480. The average Bonchev–Trinajstić information content (AvgIpc) is 2.47. The van der Waals surface area contributed by atoms with E-state index in [4.69, 9.17) is 5.73 Å². The van der Waals surface area contributed by atoms with Crippen molar-refractivity contribution < 1.29 is 18.3 Å². The number of nitrogens with two attached hydrogens (primary N) is 1. The van der Waals surface area contributed by atoms with Gasteiger partial charge in [0, 0.05) is 13.1 Å².